The summed E-state index contributed by atoms with van der Waals surface area (Å²) in [5, 5.41) is 9.29. The lowest BCUT2D eigenvalue weighted by molar-refractivity contribution is 0.0697. The van der Waals surface area contributed by atoms with Gasteiger partial charge in [-0.3, -0.25) is 0 Å². The summed E-state index contributed by atoms with van der Waals surface area (Å²) in [5.74, 6) is -0.614. The molecule has 0 fully saturated rings. The van der Waals surface area contributed by atoms with Crippen LogP contribution in [0, 0.1) is 0 Å². The van der Waals surface area contributed by atoms with Gasteiger partial charge in [-0.2, -0.15) is 0 Å². The van der Waals surface area contributed by atoms with Crippen LogP contribution in [0.2, 0.25) is 0 Å². The number of alkyl halides is 1. The highest BCUT2D eigenvalue weighted by molar-refractivity contribution is 6.28. The minimum atomic E-state index is -0.983. The molecule has 0 atom stereocenters. The van der Waals surface area contributed by atoms with Crippen molar-refractivity contribution in [3.63, 3.8) is 0 Å². The second-order valence-corrected chi connectivity index (χ2v) is 4.18. The fourth-order valence-corrected chi connectivity index (χ4v) is 1.86. The van der Waals surface area contributed by atoms with E-state index in [1.54, 1.807) is 12.1 Å². The molecule has 0 radical (unpaired) electrons. The van der Waals surface area contributed by atoms with Crippen molar-refractivity contribution >= 4 is 34.8 Å². The van der Waals surface area contributed by atoms with Gasteiger partial charge in [-0.1, -0.05) is 0 Å². The Kier molecular flexibility index (Phi) is 5.63. The summed E-state index contributed by atoms with van der Waals surface area (Å²) < 4.78 is 0. The van der Waals surface area contributed by atoms with E-state index in [4.69, 9.17) is 17.3 Å². The third-order valence-electron chi connectivity index (χ3n) is 2.72. The number of amidine groups is 1. The predicted octanol–water partition coefficient (Wildman–Crippen LogP) is 2.46. The number of hydrogen-bond acceptors (Lipinski definition) is 3. The van der Waals surface area contributed by atoms with Gasteiger partial charge in [0.15, 0.2) is 0 Å². The van der Waals surface area contributed by atoms with E-state index in [1.807, 2.05) is 18.7 Å². The molecule has 0 aliphatic heterocycles. The molecule has 5 nitrogen and oxygen atoms in total. The van der Waals surface area contributed by atoms with Crippen LogP contribution in [0.25, 0.3) is 0 Å². The van der Waals surface area contributed by atoms with Crippen molar-refractivity contribution in [2.75, 3.05) is 23.9 Å². The summed E-state index contributed by atoms with van der Waals surface area (Å²) in [5.41, 5.74) is 6.93. The van der Waals surface area contributed by atoms with E-state index in [0.29, 0.717) is 11.4 Å². The summed E-state index contributed by atoms with van der Waals surface area (Å²) in [6, 6.07) is 4.99. The molecule has 0 spiro atoms. The maximum absolute atomic E-state index is 11.3. The van der Waals surface area contributed by atoms with Crippen LogP contribution in [0.1, 0.15) is 24.2 Å². The lowest BCUT2D eigenvalue weighted by Crippen LogP contribution is -2.24. The summed E-state index contributed by atoms with van der Waals surface area (Å²) in [6.45, 7) is 5.44. The molecule has 1 aromatic carbocycles. The fraction of sp³-hybridized carbons (Fsp3) is 0.385. The molecule has 0 saturated carbocycles. The van der Waals surface area contributed by atoms with Crippen LogP contribution >= 0.6 is 11.6 Å². The number of nitrogens with zero attached hydrogens (tertiary/aromatic N) is 2. The number of aromatic carboxylic acids is 1. The standard InChI is InChI=1S/C13H18ClN3O2/c1-3-17(4-2)11-6-5-9(16-12(15)8-14)7-10(11)13(18)19/h5-7H,3-4,8H2,1-2H3,(H2,15,16)(H,18,19). The number of anilines is 1. The van der Waals surface area contributed by atoms with E-state index in [2.05, 4.69) is 4.99 Å². The van der Waals surface area contributed by atoms with Gasteiger partial charge in [-0.05, 0) is 32.0 Å². The Labute approximate surface area is 117 Å². The van der Waals surface area contributed by atoms with Crippen molar-refractivity contribution < 1.29 is 9.90 Å². The second-order valence-electron chi connectivity index (χ2n) is 3.92. The predicted molar refractivity (Wildman–Crippen MR) is 79.0 cm³/mol. The van der Waals surface area contributed by atoms with Crippen molar-refractivity contribution in [3.05, 3.63) is 23.8 Å². The first-order valence-electron chi connectivity index (χ1n) is 6.04. The Morgan fingerprint density at radius 1 is 1.42 bits per heavy atom. The molecule has 1 rings (SSSR count). The van der Waals surface area contributed by atoms with Crippen LogP contribution in [0.3, 0.4) is 0 Å². The van der Waals surface area contributed by atoms with Crippen LogP contribution in [0.15, 0.2) is 23.2 Å². The molecule has 0 saturated heterocycles. The summed E-state index contributed by atoms with van der Waals surface area (Å²) in [6.07, 6.45) is 0. The molecule has 0 unspecified atom stereocenters. The van der Waals surface area contributed by atoms with E-state index >= 15 is 0 Å². The number of halogens is 1. The van der Waals surface area contributed by atoms with Gasteiger partial charge in [0.05, 0.1) is 22.8 Å². The number of carbonyl (C=O) groups is 1. The van der Waals surface area contributed by atoms with E-state index in [9.17, 15) is 9.90 Å². The molecule has 19 heavy (non-hydrogen) atoms. The van der Waals surface area contributed by atoms with Crippen LogP contribution in [-0.2, 0) is 0 Å². The second kappa shape index (κ2) is 6.99. The van der Waals surface area contributed by atoms with Gasteiger partial charge in [0, 0.05) is 13.1 Å². The first kappa shape index (κ1) is 15.3. The van der Waals surface area contributed by atoms with Crippen LogP contribution in [0.5, 0.6) is 0 Å². The van der Waals surface area contributed by atoms with Gasteiger partial charge in [-0.25, -0.2) is 9.79 Å². The molecule has 104 valence electrons. The molecule has 0 aliphatic carbocycles. The average Bonchev–Trinajstić information content (AvgIpc) is 2.41. The van der Waals surface area contributed by atoms with Crippen LogP contribution in [0.4, 0.5) is 11.4 Å². The van der Waals surface area contributed by atoms with Crippen molar-refractivity contribution in [2.24, 2.45) is 10.7 Å². The lowest BCUT2D eigenvalue weighted by atomic mass is 10.1. The van der Waals surface area contributed by atoms with Crippen molar-refractivity contribution in [1.29, 1.82) is 0 Å². The third-order valence-corrected chi connectivity index (χ3v) is 3.00. The topological polar surface area (TPSA) is 78.9 Å². The zero-order chi connectivity index (χ0) is 14.4. The first-order chi connectivity index (χ1) is 9.03. The minimum absolute atomic E-state index is 0.111. The van der Waals surface area contributed by atoms with Gasteiger partial charge in [0.25, 0.3) is 0 Å². The van der Waals surface area contributed by atoms with Gasteiger partial charge >= 0.3 is 5.97 Å². The van der Waals surface area contributed by atoms with Crippen LogP contribution in [-0.4, -0.2) is 35.9 Å². The number of carboxylic acid groups (broad SMARTS) is 1. The molecule has 0 aliphatic rings. The largest absolute Gasteiger partial charge is 0.478 e. The number of rotatable bonds is 6. The van der Waals surface area contributed by atoms with E-state index < -0.39 is 5.97 Å². The Bertz CT molecular complexity index is 485. The maximum Gasteiger partial charge on any atom is 0.337 e. The number of carboxylic acids is 1. The summed E-state index contributed by atoms with van der Waals surface area (Å²) >= 11 is 5.55. The SMILES string of the molecule is CCN(CC)c1ccc(N=C(N)CCl)cc1C(=O)O. The molecular formula is C13H18ClN3O2. The maximum atomic E-state index is 11.3. The summed E-state index contributed by atoms with van der Waals surface area (Å²) in [4.78, 5) is 17.4. The Hall–Kier alpha value is -1.75. The molecule has 0 aromatic heterocycles. The van der Waals surface area contributed by atoms with E-state index in [-0.39, 0.29) is 17.3 Å². The fourth-order valence-electron chi connectivity index (χ4n) is 1.80. The first-order valence-corrected chi connectivity index (χ1v) is 6.58. The Morgan fingerprint density at radius 2 is 2.05 bits per heavy atom. The molecule has 1 aromatic rings. The van der Waals surface area contributed by atoms with Crippen molar-refractivity contribution in [1.82, 2.24) is 0 Å². The van der Waals surface area contributed by atoms with Crippen molar-refractivity contribution in [2.45, 2.75) is 13.8 Å². The lowest BCUT2D eigenvalue weighted by Gasteiger charge is -2.23. The quantitative estimate of drug-likeness (QED) is 0.477. The minimum Gasteiger partial charge on any atom is -0.478 e. The third kappa shape index (κ3) is 3.86. The van der Waals surface area contributed by atoms with Gasteiger partial charge in [0.2, 0.25) is 0 Å². The van der Waals surface area contributed by atoms with Crippen molar-refractivity contribution in [3.8, 4) is 0 Å². The number of hydrogen-bond donors (Lipinski definition) is 2. The zero-order valence-corrected chi connectivity index (χ0v) is 11.8. The normalized spacial score (nSPS) is 11.4. The highest BCUT2D eigenvalue weighted by Gasteiger charge is 2.14. The smallest absolute Gasteiger partial charge is 0.337 e. The number of benzene rings is 1. The highest BCUT2D eigenvalue weighted by Crippen LogP contribution is 2.26. The molecule has 0 bridgehead atoms. The molecular weight excluding hydrogens is 266 g/mol. The number of nitrogens with two attached hydrogens (primary N) is 1. The molecule has 3 N–H and O–H groups in total. The summed E-state index contributed by atoms with van der Waals surface area (Å²) in [7, 11) is 0. The molecule has 0 heterocycles. The monoisotopic (exact) mass is 283 g/mol. The Morgan fingerprint density at radius 3 is 2.53 bits per heavy atom. The molecule has 6 heteroatoms. The van der Waals surface area contributed by atoms with Gasteiger partial charge < -0.3 is 15.7 Å². The van der Waals surface area contributed by atoms with E-state index in [1.165, 1.54) is 6.07 Å². The average molecular weight is 284 g/mol. The van der Waals surface area contributed by atoms with E-state index in [0.717, 1.165) is 13.1 Å². The van der Waals surface area contributed by atoms with Gasteiger partial charge in [0.1, 0.15) is 5.84 Å². The van der Waals surface area contributed by atoms with Gasteiger partial charge in [-0.15, -0.1) is 11.6 Å². The van der Waals surface area contributed by atoms with Crippen LogP contribution < -0.4 is 10.6 Å². The molecule has 0 amide bonds. The number of aliphatic imine (C=N–C) groups is 1. The zero-order valence-electron chi connectivity index (χ0n) is 11.1. The highest BCUT2D eigenvalue weighted by atomic mass is 35.5. The Balaban J connectivity index is 3.26.